The van der Waals surface area contributed by atoms with Crippen molar-refractivity contribution in [3.05, 3.63) is 148 Å². The van der Waals surface area contributed by atoms with E-state index >= 15 is 0 Å². The molecule has 0 unspecified atom stereocenters. The van der Waals surface area contributed by atoms with Crippen LogP contribution in [0.2, 0.25) is 10.0 Å². The summed E-state index contributed by atoms with van der Waals surface area (Å²) < 4.78 is 0. The maximum Gasteiger partial charge on any atom is 2.00 e. The average molecular weight is 429 g/mol. The Kier molecular flexibility index (Phi) is 17.2. The van der Waals surface area contributed by atoms with Crippen LogP contribution in [0.15, 0.2) is 48.5 Å². The third-order valence-corrected chi connectivity index (χ3v) is 3.36. The van der Waals surface area contributed by atoms with Gasteiger partial charge in [0.1, 0.15) is 0 Å². The van der Waals surface area contributed by atoms with Crippen molar-refractivity contribution < 1.29 is 21.7 Å². The fourth-order valence-electron chi connectivity index (χ4n) is 1.72. The van der Waals surface area contributed by atoms with Crippen molar-refractivity contribution in [3.8, 4) is 0 Å². The summed E-state index contributed by atoms with van der Waals surface area (Å²) in [6.45, 7) is 7.39. The molecule has 4 rings (SSSR count). The van der Waals surface area contributed by atoms with Gasteiger partial charge in [0, 0.05) is 0 Å². The van der Waals surface area contributed by atoms with Gasteiger partial charge in [-0.2, -0.15) is 37.1 Å². The minimum Gasteiger partial charge on any atom is -0.199 e. The van der Waals surface area contributed by atoms with E-state index < -0.39 is 0 Å². The molecule has 2 aromatic carbocycles. The molecule has 0 aliphatic heterocycles. The van der Waals surface area contributed by atoms with E-state index in [1.165, 1.54) is 0 Å². The van der Waals surface area contributed by atoms with Gasteiger partial charge in [0.05, 0.1) is 0 Å². The standard InChI is InChI=1S/2C7H6Cl.2C5H5.Ti/c2*1-6-3-2-4-7(8)5-6;2*1-2-4-5-3-1;/h2*2-5H,1H2;2*1-5H;/q2*-1;;;+2. The van der Waals surface area contributed by atoms with Crippen molar-refractivity contribution in [2.24, 2.45) is 0 Å². The summed E-state index contributed by atoms with van der Waals surface area (Å²) in [6.07, 6.45) is 20.0. The van der Waals surface area contributed by atoms with Crippen LogP contribution in [0.3, 0.4) is 0 Å². The zero-order valence-electron chi connectivity index (χ0n) is 15.1. The third-order valence-electron chi connectivity index (χ3n) is 2.89. The van der Waals surface area contributed by atoms with E-state index in [0.717, 1.165) is 21.2 Å². The molecule has 0 amide bonds. The number of hydrogen-bond donors (Lipinski definition) is 0. The Hall–Kier alpha value is -0.526. The molecule has 0 N–H and O–H groups in total. The fourth-order valence-corrected chi connectivity index (χ4v) is 2.14. The summed E-state index contributed by atoms with van der Waals surface area (Å²) in [7, 11) is 0. The predicted molar refractivity (Wildman–Crippen MR) is 115 cm³/mol. The van der Waals surface area contributed by atoms with Gasteiger partial charge in [0.15, 0.2) is 0 Å². The molecular weight excluding hydrogens is 407 g/mol. The second-order valence-corrected chi connectivity index (χ2v) is 6.06. The van der Waals surface area contributed by atoms with Gasteiger partial charge < -0.3 is 0 Å². The van der Waals surface area contributed by atoms with E-state index in [9.17, 15) is 0 Å². The van der Waals surface area contributed by atoms with Crippen LogP contribution < -0.4 is 0 Å². The Morgan fingerprint density at radius 1 is 0.481 bits per heavy atom. The number of rotatable bonds is 0. The summed E-state index contributed by atoms with van der Waals surface area (Å²) >= 11 is 11.2. The summed E-state index contributed by atoms with van der Waals surface area (Å²) in [4.78, 5) is 0. The largest absolute Gasteiger partial charge is 2.00 e. The zero-order chi connectivity index (χ0) is 19.0. The molecule has 2 fully saturated rings. The molecule has 10 radical (unpaired) electrons. The molecule has 27 heavy (non-hydrogen) atoms. The summed E-state index contributed by atoms with van der Waals surface area (Å²) in [5.41, 5.74) is 1.91. The molecular formula is C24H22Cl2Ti. The first-order valence-corrected chi connectivity index (χ1v) is 8.82. The van der Waals surface area contributed by atoms with E-state index in [0.29, 0.717) is 0 Å². The Morgan fingerprint density at radius 2 is 0.741 bits per heavy atom. The molecule has 0 heterocycles. The molecule has 2 aromatic rings. The van der Waals surface area contributed by atoms with Crippen molar-refractivity contribution in [2.45, 2.75) is 0 Å². The Bertz CT molecular complexity index is 487. The van der Waals surface area contributed by atoms with Crippen molar-refractivity contribution in [2.75, 3.05) is 0 Å². The van der Waals surface area contributed by atoms with Crippen molar-refractivity contribution in [1.29, 1.82) is 0 Å². The van der Waals surface area contributed by atoms with E-state index in [2.05, 4.69) is 13.8 Å². The molecule has 0 aromatic heterocycles. The molecule has 0 nitrogen and oxygen atoms in total. The van der Waals surface area contributed by atoms with Gasteiger partial charge in [-0.15, -0.1) is 24.3 Å². The number of halogens is 2. The maximum absolute atomic E-state index is 5.60. The maximum atomic E-state index is 5.60. The molecule has 136 valence electrons. The number of hydrogen-bond acceptors (Lipinski definition) is 0. The molecule has 0 spiro atoms. The van der Waals surface area contributed by atoms with Gasteiger partial charge in [-0.05, 0) is 74.3 Å². The minimum atomic E-state index is 0. The fraction of sp³-hybridized carbons (Fsp3) is 0. The Morgan fingerprint density at radius 3 is 0.889 bits per heavy atom. The smallest absolute Gasteiger partial charge is 0.199 e. The van der Waals surface area contributed by atoms with Gasteiger partial charge in [-0.25, -0.2) is 0 Å². The molecule has 3 heteroatoms. The van der Waals surface area contributed by atoms with Crippen molar-refractivity contribution in [3.63, 3.8) is 0 Å². The van der Waals surface area contributed by atoms with Crippen LogP contribution in [-0.2, 0) is 21.7 Å². The zero-order valence-corrected chi connectivity index (χ0v) is 18.1. The van der Waals surface area contributed by atoms with Gasteiger partial charge in [-0.3, -0.25) is 0 Å². The molecule has 2 aliphatic carbocycles. The van der Waals surface area contributed by atoms with E-state index in [-0.39, 0.29) is 21.7 Å². The van der Waals surface area contributed by atoms with Crippen molar-refractivity contribution in [1.82, 2.24) is 0 Å². The summed E-state index contributed by atoms with van der Waals surface area (Å²) in [6, 6.07) is 14.9. The average Bonchev–Trinajstić information content (AvgIpc) is 3.34. The van der Waals surface area contributed by atoms with Crippen LogP contribution >= 0.6 is 23.2 Å². The van der Waals surface area contributed by atoms with E-state index in [4.69, 9.17) is 23.2 Å². The SMILES string of the molecule is [CH2-]c1cccc(Cl)c1.[CH2-]c1cccc(Cl)c1.[CH]1[CH][CH][CH][CH]1.[CH]1[CH][CH][CH][CH]1.[Ti+2]. The van der Waals surface area contributed by atoms with Crippen LogP contribution in [-0.4, -0.2) is 0 Å². The van der Waals surface area contributed by atoms with Crippen LogP contribution in [0.4, 0.5) is 0 Å². The van der Waals surface area contributed by atoms with Gasteiger partial charge >= 0.3 is 21.7 Å². The topological polar surface area (TPSA) is 0 Å². The Labute approximate surface area is 191 Å². The van der Waals surface area contributed by atoms with Gasteiger partial charge in [-0.1, -0.05) is 35.3 Å². The van der Waals surface area contributed by atoms with Crippen molar-refractivity contribution >= 4 is 23.2 Å². The number of benzene rings is 2. The predicted octanol–water partition coefficient (Wildman–Crippen LogP) is 7.08. The quantitative estimate of drug-likeness (QED) is 0.310. The Balaban J connectivity index is 0.000000337. The summed E-state index contributed by atoms with van der Waals surface area (Å²) in [5.74, 6) is 0. The second-order valence-electron chi connectivity index (χ2n) is 5.18. The molecule has 2 aliphatic rings. The molecule has 0 atom stereocenters. The van der Waals surface area contributed by atoms with Gasteiger partial charge in [0.2, 0.25) is 0 Å². The first kappa shape index (κ1) is 26.5. The second kappa shape index (κ2) is 17.6. The summed E-state index contributed by atoms with van der Waals surface area (Å²) in [5, 5.41) is 1.50. The molecule has 0 saturated heterocycles. The molecule has 0 bridgehead atoms. The van der Waals surface area contributed by atoms with Crippen LogP contribution in [0.25, 0.3) is 0 Å². The van der Waals surface area contributed by atoms with Crippen LogP contribution in [0.1, 0.15) is 11.1 Å². The first-order valence-electron chi connectivity index (χ1n) is 8.06. The normalized spacial score (nSPS) is 14.3. The van der Waals surface area contributed by atoms with E-state index in [1.807, 2.05) is 113 Å². The molecule has 2 saturated carbocycles. The van der Waals surface area contributed by atoms with Gasteiger partial charge in [0.25, 0.3) is 0 Å². The third kappa shape index (κ3) is 16.2. The van der Waals surface area contributed by atoms with Crippen LogP contribution in [0.5, 0.6) is 0 Å². The monoisotopic (exact) mass is 428 g/mol. The van der Waals surface area contributed by atoms with Crippen LogP contribution in [0, 0.1) is 78.1 Å². The first-order chi connectivity index (χ1) is 12.6. The van der Waals surface area contributed by atoms with E-state index in [1.54, 1.807) is 0 Å². The minimum absolute atomic E-state index is 0.